The van der Waals surface area contributed by atoms with Crippen LogP contribution >= 0.6 is 45.8 Å². The van der Waals surface area contributed by atoms with Gasteiger partial charge in [0.1, 0.15) is 0 Å². The molecule has 0 aliphatic carbocycles. The molecule has 0 radical (unpaired) electrons. The summed E-state index contributed by atoms with van der Waals surface area (Å²) in [6.07, 6.45) is 3.28. The van der Waals surface area contributed by atoms with Gasteiger partial charge in [-0.3, -0.25) is 5.43 Å². The summed E-state index contributed by atoms with van der Waals surface area (Å²) in [4.78, 5) is 4.12. The summed E-state index contributed by atoms with van der Waals surface area (Å²) < 4.78 is 3.41. The zero-order chi connectivity index (χ0) is 18.0. The number of aromatic nitrogens is 2. The van der Waals surface area contributed by atoms with Crippen molar-refractivity contribution < 1.29 is 0 Å². The van der Waals surface area contributed by atoms with E-state index in [2.05, 4.69) is 86.8 Å². The SMILES string of the molecule is Cc1cc(C=NNc2ncc(Cl)cc2Cl)c(C)n1-c1ccc(I)cc1. The quantitative estimate of drug-likeness (QED) is 0.287. The van der Waals surface area contributed by atoms with E-state index in [0.717, 1.165) is 22.6 Å². The van der Waals surface area contributed by atoms with E-state index in [1.807, 2.05) is 0 Å². The Kier molecular flexibility index (Phi) is 5.66. The average Bonchev–Trinajstić information content (AvgIpc) is 2.85. The van der Waals surface area contributed by atoms with Gasteiger partial charge < -0.3 is 4.57 Å². The van der Waals surface area contributed by atoms with Crippen molar-refractivity contribution in [2.45, 2.75) is 13.8 Å². The highest BCUT2D eigenvalue weighted by Crippen LogP contribution is 2.23. The van der Waals surface area contributed by atoms with Crippen molar-refractivity contribution in [1.29, 1.82) is 0 Å². The summed E-state index contributed by atoms with van der Waals surface area (Å²) in [6, 6.07) is 12.1. The highest BCUT2D eigenvalue weighted by atomic mass is 127. The van der Waals surface area contributed by atoms with Crippen LogP contribution in [0.4, 0.5) is 5.82 Å². The Morgan fingerprint density at radius 3 is 2.56 bits per heavy atom. The van der Waals surface area contributed by atoms with Crippen LogP contribution in [-0.2, 0) is 0 Å². The molecule has 4 nitrogen and oxygen atoms in total. The first-order valence-electron chi connectivity index (χ1n) is 7.50. The van der Waals surface area contributed by atoms with Crippen molar-refractivity contribution in [2.24, 2.45) is 5.10 Å². The van der Waals surface area contributed by atoms with Gasteiger partial charge in [0.05, 0.1) is 16.3 Å². The van der Waals surface area contributed by atoms with Crippen LogP contribution in [0.25, 0.3) is 5.69 Å². The summed E-state index contributed by atoms with van der Waals surface area (Å²) in [5, 5.41) is 5.16. The molecule has 25 heavy (non-hydrogen) atoms. The molecule has 0 saturated heterocycles. The van der Waals surface area contributed by atoms with E-state index in [-0.39, 0.29) is 0 Å². The summed E-state index contributed by atoms with van der Waals surface area (Å²) in [7, 11) is 0. The minimum Gasteiger partial charge on any atom is -0.318 e. The lowest BCUT2D eigenvalue weighted by Gasteiger charge is -2.09. The van der Waals surface area contributed by atoms with E-state index in [0.29, 0.717) is 15.9 Å². The van der Waals surface area contributed by atoms with Crippen LogP contribution < -0.4 is 5.43 Å². The van der Waals surface area contributed by atoms with Gasteiger partial charge >= 0.3 is 0 Å². The van der Waals surface area contributed by atoms with Crippen LogP contribution in [0.1, 0.15) is 17.0 Å². The fourth-order valence-electron chi connectivity index (χ4n) is 2.57. The average molecular weight is 485 g/mol. The lowest BCUT2D eigenvalue weighted by molar-refractivity contribution is 0.964. The van der Waals surface area contributed by atoms with Gasteiger partial charge in [0, 0.05) is 32.4 Å². The highest BCUT2D eigenvalue weighted by molar-refractivity contribution is 14.1. The smallest absolute Gasteiger partial charge is 0.165 e. The number of halogens is 3. The molecule has 3 rings (SSSR count). The van der Waals surface area contributed by atoms with Crippen molar-refractivity contribution in [3.05, 3.63) is 73.2 Å². The molecule has 0 spiro atoms. The molecule has 7 heteroatoms. The van der Waals surface area contributed by atoms with Crippen LogP contribution in [0, 0.1) is 17.4 Å². The first kappa shape index (κ1) is 18.2. The third-order valence-corrected chi connectivity index (χ3v) is 4.95. The number of aryl methyl sites for hydroxylation is 1. The fraction of sp³-hybridized carbons (Fsp3) is 0.111. The second kappa shape index (κ2) is 7.76. The number of anilines is 1. The zero-order valence-electron chi connectivity index (χ0n) is 13.6. The molecule has 0 bridgehead atoms. The van der Waals surface area contributed by atoms with Gasteiger partial charge in [-0.25, -0.2) is 4.98 Å². The molecule has 0 saturated carbocycles. The van der Waals surface area contributed by atoms with Crippen molar-refractivity contribution in [3.8, 4) is 5.69 Å². The van der Waals surface area contributed by atoms with Gasteiger partial charge in [0.15, 0.2) is 5.82 Å². The molecule has 128 valence electrons. The number of hydrogen-bond acceptors (Lipinski definition) is 3. The predicted molar refractivity (Wildman–Crippen MR) is 113 cm³/mol. The molecule has 0 aliphatic heterocycles. The number of rotatable bonds is 4. The van der Waals surface area contributed by atoms with Crippen LogP contribution in [0.15, 0.2) is 47.7 Å². The van der Waals surface area contributed by atoms with Crippen LogP contribution in [0.2, 0.25) is 10.0 Å². The van der Waals surface area contributed by atoms with Gasteiger partial charge in [-0.1, -0.05) is 23.2 Å². The maximum absolute atomic E-state index is 6.08. The first-order valence-corrected chi connectivity index (χ1v) is 9.34. The van der Waals surface area contributed by atoms with Crippen molar-refractivity contribution in [3.63, 3.8) is 0 Å². The molecule has 0 aliphatic rings. The number of hydrogen-bond donors (Lipinski definition) is 1. The van der Waals surface area contributed by atoms with Gasteiger partial charge in [-0.15, -0.1) is 0 Å². The van der Waals surface area contributed by atoms with Gasteiger partial charge in [-0.05, 0) is 72.8 Å². The van der Waals surface area contributed by atoms with Gasteiger partial charge in [-0.2, -0.15) is 5.10 Å². The Hall–Kier alpha value is -1.57. The van der Waals surface area contributed by atoms with E-state index in [1.165, 1.54) is 9.77 Å². The van der Waals surface area contributed by atoms with E-state index in [9.17, 15) is 0 Å². The Morgan fingerprint density at radius 1 is 1.16 bits per heavy atom. The second-order valence-electron chi connectivity index (χ2n) is 5.49. The second-order valence-corrected chi connectivity index (χ2v) is 7.58. The summed E-state index contributed by atoms with van der Waals surface area (Å²) >= 11 is 14.2. The predicted octanol–water partition coefficient (Wildman–Crippen LogP) is 5.85. The minimum atomic E-state index is 0.425. The fourth-order valence-corrected chi connectivity index (χ4v) is 3.35. The molecule has 2 heterocycles. The topological polar surface area (TPSA) is 42.2 Å². The van der Waals surface area contributed by atoms with E-state index >= 15 is 0 Å². The number of nitrogens with one attached hydrogen (secondary N) is 1. The maximum Gasteiger partial charge on any atom is 0.165 e. The molecular weight excluding hydrogens is 470 g/mol. The maximum atomic E-state index is 6.08. The lowest BCUT2D eigenvalue weighted by Crippen LogP contribution is -2.00. The van der Waals surface area contributed by atoms with Gasteiger partial charge in [0.25, 0.3) is 0 Å². The monoisotopic (exact) mass is 484 g/mol. The van der Waals surface area contributed by atoms with Crippen molar-refractivity contribution in [1.82, 2.24) is 9.55 Å². The van der Waals surface area contributed by atoms with Crippen LogP contribution in [-0.4, -0.2) is 15.8 Å². The number of hydrazone groups is 1. The molecule has 3 aromatic rings. The molecule has 0 unspecified atom stereocenters. The molecule has 0 fully saturated rings. The normalized spacial score (nSPS) is 11.2. The Morgan fingerprint density at radius 2 is 1.88 bits per heavy atom. The third kappa shape index (κ3) is 4.16. The molecule has 2 aromatic heterocycles. The minimum absolute atomic E-state index is 0.425. The Bertz CT molecular complexity index is 933. The molecular formula is C18H15Cl2IN4. The number of benzene rings is 1. The molecule has 1 aromatic carbocycles. The van der Waals surface area contributed by atoms with Gasteiger partial charge in [0.2, 0.25) is 0 Å². The molecule has 0 atom stereocenters. The summed E-state index contributed by atoms with van der Waals surface area (Å²) in [5.74, 6) is 0.466. The summed E-state index contributed by atoms with van der Waals surface area (Å²) in [5.41, 5.74) is 7.25. The zero-order valence-corrected chi connectivity index (χ0v) is 17.3. The number of pyridine rings is 1. The highest BCUT2D eigenvalue weighted by Gasteiger charge is 2.09. The Labute approximate surface area is 170 Å². The van der Waals surface area contributed by atoms with Crippen molar-refractivity contribution in [2.75, 3.05) is 5.43 Å². The van der Waals surface area contributed by atoms with E-state index in [1.54, 1.807) is 12.3 Å². The van der Waals surface area contributed by atoms with Crippen molar-refractivity contribution >= 4 is 57.8 Å². The largest absolute Gasteiger partial charge is 0.318 e. The molecule has 0 amide bonds. The standard InChI is InChI=1S/C18H15Cl2IN4/c1-11-7-13(9-23-24-18-17(20)8-14(19)10-22-18)12(2)25(11)16-5-3-15(21)4-6-16/h3-10H,1-2H3,(H,22,24). The van der Waals surface area contributed by atoms with Crippen LogP contribution in [0.3, 0.4) is 0 Å². The summed E-state index contributed by atoms with van der Waals surface area (Å²) in [6.45, 7) is 4.15. The lowest BCUT2D eigenvalue weighted by atomic mass is 10.2. The van der Waals surface area contributed by atoms with E-state index in [4.69, 9.17) is 23.2 Å². The Balaban J connectivity index is 1.84. The van der Waals surface area contributed by atoms with E-state index < -0.39 is 0 Å². The third-order valence-electron chi connectivity index (χ3n) is 3.74. The number of nitrogens with zero attached hydrogens (tertiary/aromatic N) is 3. The molecule has 1 N–H and O–H groups in total. The first-order chi connectivity index (χ1) is 12.0. The van der Waals surface area contributed by atoms with Crippen LogP contribution in [0.5, 0.6) is 0 Å².